The third-order valence-electron chi connectivity index (χ3n) is 3.16. The van der Waals surface area contributed by atoms with E-state index in [0.717, 1.165) is 25.1 Å². The van der Waals surface area contributed by atoms with Crippen molar-refractivity contribution < 1.29 is 4.74 Å². The lowest BCUT2D eigenvalue weighted by Crippen LogP contribution is -2.43. The van der Waals surface area contributed by atoms with Crippen molar-refractivity contribution in [3.05, 3.63) is 33.8 Å². The fraction of sp³-hybridized carbons (Fsp3) is 0.571. The van der Waals surface area contributed by atoms with Crippen molar-refractivity contribution in [2.75, 3.05) is 13.2 Å². The van der Waals surface area contributed by atoms with Crippen LogP contribution in [0, 0.1) is 5.92 Å². The average molecular weight is 288 g/mol. The van der Waals surface area contributed by atoms with Gasteiger partial charge in [-0.3, -0.25) is 0 Å². The van der Waals surface area contributed by atoms with Gasteiger partial charge in [0.2, 0.25) is 0 Å². The molecule has 1 saturated heterocycles. The molecule has 1 aromatic rings. The highest BCUT2D eigenvalue weighted by molar-refractivity contribution is 6.35. The Kier molecular flexibility index (Phi) is 4.91. The van der Waals surface area contributed by atoms with Gasteiger partial charge in [0.15, 0.2) is 0 Å². The van der Waals surface area contributed by atoms with E-state index in [1.54, 1.807) is 6.07 Å². The number of morpholine rings is 1. The molecule has 1 aromatic carbocycles. The van der Waals surface area contributed by atoms with Crippen LogP contribution in [0.15, 0.2) is 18.2 Å². The van der Waals surface area contributed by atoms with Gasteiger partial charge < -0.3 is 10.1 Å². The van der Waals surface area contributed by atoms with Gasteiger partial charge in [-0.25, -0.2) is 0 Å². The van der Waals surface area contributed by atoms with Crippen LogP contribution >= 0.6 is 23.2 Å². The molecule has 0 bridgehead atoms. The molecule has 1 fully saturated rings. The highest BCUT2D eigenvalue weighted by Crippen LogP contribution is 2.30. The maximum atomic E-state index is 6.19. The summed E-state index contributed by atoms with van der Waals surface area (Å²) in [7, 11) is 0. The molecule has 1 aliphatic rings. The summed E-state index contributed by atoms with van der Waals surface area (Å²) in [5.74, 6) is 0.682. The van der Waals surface area contributed by atoms with Gasteiger partial charge in [0.1, 0.15) is 0 Å². The van der Waals surface area contributed by atoms with E-state index < -0.39 is 0 Å². The third-order valence-corrected chi connectivity index (χ3v) is 3.72. The summed E-state index contributed by atoms with van der Waals surface area (Å²) in [6.45, 7) is 5.99. The Labute approximate surface area is 119 Å². The Hall–Kier alpha value is -0.280. The van der Waals surface area contributed by atoms with Gasteiger partial charge in [-0.15, -0.1) is 0 Å². The van der Waals surface area contributed by atoms with E-state index in [2.05, 4.69) is 19.2 Å². The molecule has 2 atom stereocenters. The molecule has 2 rings (SSSR count). The van der Waals surface area contributed by atoms with E-state index in [-0.39, 0.29) is 6.10 Å². The first kappa shape index (κ1) is 14.1. The number of rotatable bonds is 3. The molecule has 0 aliphatic carbocycles. The van der Waals surface area contributed by atoms with Crippen molar-refractivity contribution >= 4 is 23.2 Å². The highest BCUT2D eigenvalue weighted by atomic mass is 35.5. The van der Waals surface area contributed by atoms with Crippen molar-refractivity contribution in [1.29, 1.82) is 0 Å². The van der Waals surface area contributed by atoms with Crippen LogP contribution in [0.3, 0.4) is 0 Å². The molecule has 0 amide bonds. The molecular formula is C14H19Cl2NO. The van der Waals surface area contributed by atoms with E-state index >= 15 is 0 Å². The van der Waals surface area contributed by atoms with Crippen LogP contribution in [-0.4, -0.2) is 19.2 Å². The normalized spacial score (nSPS) is 24.5. The molecule has 2 nitrogen and oxygen atoms in total. The minimum absolute atomic E-state index is 0.0261. The standard InChI is InChI=1S/C14H19Cl2NO/c1-9(2)5-11-8-18-14(7-17-11)12-4-3-10(15)6-13(12)16/h3-4,6,9,11,14,17H,5,7-8H2,1-2H3. The lowest BCUT2D eigenvalue weighted by atomic mass is 10.0. The minimum Gasteiger partial charge on any atom is -0.371 e. The molecule has 4 heteroatoms. The summed E-state index contributed by atoms with van der Waals surface area (Å²) >= 11 is 12.1. The highest BCUT2D eigenvalue weighted by Gasteiger charge is 2.24. The summed E-state index contributed by atoms with van der Waals surface area (Å²) < 4.78 is 5.91. The van der Waals surface area contributed by atoms with Crippen LogP contribution in [0.1, 0.15) is 31.9 Å². The maximum Gasteiger partial charge on any atom is 0.0964 e. The zero-order chi connectivity index (χ0) is 13.1. The molecule has 2 unspecified atom stereocenters. The SMILES string of the molecule is CC(C)CC1COC(c2ccc(Cl)cc2Cl)CN1. The van der Waals surface area contributed by atoms with Gasteiger partial charge in [0.25, 0.3) is 0 Å². The Balaban J connectivity index is 1.97. The molecule has 1 aliphatic heterocycles. The van der Waals surface area contributed by atoms with Gasteiger partial charge >= 0.3 is 0 Å². The van der Waals surface area contributed by atoms with E-state index in [1.807, 2.05) is 12.1 Å². The lowest BCUT2D eigenvalue weighted by molar-refractivity contribution is -0.00125. The van der Waals surface area contributed by atoms with Crippen LogP contribution in [0.4, 0.5) is 0 Å². The largest absolute Gasteiger partial charge is 0.371 e. The van der Waals surface area contributed by atoms with Gasteiger partial charge in [-0.05, 0) is 24.5 Å². The van der Waals surface area contributed by atoms with Crippen LogP contribution in [-0.2, 0) is 4.74 Å². The Bertz CT molecular complexity index is 401. The summed E-state index contributed by atoms with van der Waals surface area (Å²) in [5, 5.41) is 4.86. The van der Waals surface area contributed by atoms with Crippen molar-refractivity contribution in [2.45, 2.75) is 32.4 Å². The lowest BCUT2D eigenvalue weighted by Gasteiger charge is -2.32. The van der Waals surface area contributed by atoms with Crippen LogP contribution in [0.2, 0.25) is 10.0 Å². The molecule has 100 valence electrons. The fourth-order valence-corrected chi connectivity index (χ4v) is 2.84. The van der Waals surface area contributed by atoms with E-state index in [4.69, 9.17) is 27.9 Å². The van der Waals surface area contributed by atoms with Crippen molar-refractivity contribution in [2.24, 2.45) is 5.92 Å². The summed E-state index contributed by atoms with van der Waals surface area (Å²) in [5.41, 5.74) is 1.01. The van der Waals surface area contributed by atoms with E-state index in [0.29, 0.717) is 22.0 Å². The Morgan fingerprint density at radius 2 is 2.17 bits per heavy atom. The molecular weight excluding hydrogens is 269 g/mol. The number of hydrogen-bond donors (Lipinski definition) is 1. The molecule has 0 radical (unpaired) electrons. The average Bonchev–Trinajstić information content (AvgIpc) is 2.30. The van der Waals surface area contributed by atoms with E-state index in [9.17, 15) is 0 Å². The van der Waals surface area contributed by atoms with E-state index in [1.165, 1.54) is 0 Å². The molecule has 1 N–H and O–H groups in total. The number of hydrogen-bond acceptors (Lipinski definition) is 2. The van der Waals surface area contributed by atoms with Gasteiger partial charge in [-0.2, -0.15) is 0 Å². The molecule has 0 saturated carbocycles. The first-order valence-corrected chi connectivity index (χ1v) is 7.11. The zero-order valence-electron chi connectivity index (χ0n) is 10.7. The number of nitrogens with one attached hydrogen (secondary N) is 1. The Morgan fingerprint density at radius 1 is 1.39 bits per heavy atom. The van der Waals surface area contributed by atoms with Crippen LogP contribution in [0.5, 0.6) is 0 Å². The second kappa shape index (κ2) is 6.25. The molecule has 18 heavy (non-hydrogen) atoms. The summed E-state index contributed by atoms with van der Waals surface area (Å²) in [4.78, 5) is 0. The fourth-order valence-electron chi connectivity index (χ4n) is 2.31. The van der Waals surface area contributed by atoms with Crippen molar-refractivity contribution in [1.82, 2.24) is 5.32 Å². The summed E-state index contributed by atoms with van der Waals surface area (Å²) in [6, 6.07) is 6.01. The van der Waals surface area contributed by atoms with Crippen molar-refractivity contribution in [3.63, 3.8) is 0 Å². The third kappa shape index (κ3) is 3.61. The predicted molar refractivity (Wildman–Crippen MR) is 76.4 cm³/mol. The smallest absolute Gasteiger partial charge is 0.0964 e. The first-order chi connectivity index (χ1) is 8.56. The molecule has 0 spiro atoms. The number of halogens is 2. The topological polar surface area (TPSA) is 21.3 Å². The first-order valence-electron chi connectivity index (χ1n) is 6.36. The Morgan fingerprint density at radius 3 is 2.72 bits per heavy atom. The quantitative estimate of drug-likeness (QED) is 0.905. The molecule has 1 heterocycles. The second-order valence-corrected chi connectivity index (χ2v) is 6.07. The van der Waals surface area contributed by atoms with Crippen LogP contribution < -0.4 is 5.32 Å². The molecule has 0 aromatic heterocycles. The number of ether oxygens (including phenoxy) is 1. The number of benzene rings is 1. The van der Waals surface area contributed by atoms with Crippen molar-refractivity contribution in [3.8, 4) is 0 Å². The monoisotopic (exact) mass is 287 g/mol. The minimum atomic E-state index is 0.0261. The summed E-state index contributed by atoms with van der Waals surface area (Å²) in [6.07, 6.45) is 1.17. The zero-order valence-corrected chi connectivity index (χ0v) is 12.3. The van der Waals surface area contributed by atoms with Gasteiger partial charge in [0, 0.05) is 28.2 Å². The second-order valence-electron chi connectivity index (χ2n) is 5.22. The maximum absolute atomic E-state index is 6.19. The van der Waals surface area contributed by atoms with Gasteiger partial charge in [0.05, 0.1) is 12.7 Å². The van der Waals surface area contributed by atoms with Crippen LogP contribution in [0.25, 0.3) is 0 Å². The predicted octanol–water partition coefficient (Wildman–Crippen LogP) is 4.07. The van der Waals surface area contributed by atoms with Gasteiger partial charge in [-0.1, -0.05) is 43.1 Å².